The lowest BCUT2D eigenvalue weighted by atomic mass is 9.97. The normalized spacial score (nSPS) is 11.3. The maximum atomic E-state index is 13.1. The highest BCUT2D eigenvalue weighted by molar-refractivity contribution is 5.97. The van der Waals surface area contributed by atoms with E-state index in [-0.39, 0.29) is 17.9 Å². The van der Waals surface area contributed by atoms with Crippen molar-refractivity contribution in [2.45, 2.75) is 12.8 Å². The van der Waals surface area contributed by atoms with Crippen molar-refractivity contribution in [2.24, 2.45) is 0 Å². The van der Waals surface area contributed by atoms with Crippen molar-refractivity contribution in [3.63, 3.8) is 0 Å². The molecule has 0 aromatic heterocycles. The van der Waals surface area contributed by atoms with E-state index in [1.54, 1.807) is 30.3 Å². The summed E-state index contributed by atoms with van der Waals surface area (Å²) in [5.41, 5.74) is 2.57. The van der Waals surface area contributed by atoms with Crippen LogP contribution < -0.4 is 10.1 Å². The Balaban J connectivity index is 1.42. The molecule has 5 aromatic carbocycles. The monoisotopic (exact) mass is 513 g/mol. The van der Waals surface area contributed by atoms with Crippen LogP contribution in [-0.4, -0.2) is 11.1 Å². The average Bonchev–Trinajstić information content (AvgIpc) is 2.92. The zero-order valence-corrected chi connectivity index (χ0v) is 20.0. The lowest BCUT2D eigenvalue weighted by molar-refractivity contribution is -0.137. The summed E-state index contributed by atoms with van der Waals surface area (Å²) in [7, 11) is 0. The molecule has 0 unspecified atom stereocenters. The van der Waals surface area contributed by atoms with Crippen molar-refractivity contribution in [3.05, 3.63) is 126 Å². The Morgan fingerprint density at radius 1 is 0.789 bits per heavy atom. The summed E-state index contributed by atoms with van der Waals surface area (Å²) >= 11 is 0. The molecule has 0 atom stereocenters. The molecule has 0 amide bonds. The standard InChI is InChI=1S/C31H22F3NO3/c32-31(33,34)24-9-5-10-26(18-24)38-19-23-8-3-4-11-27(23)22-13-15-29(28(17-22)30(36)37)35-25-14-12-20-6-1-2-7-21(20)16-25/h1-18,35H,19H2,(H,36,37). The van der Waals surface area contributed by atoms with Crippen LogP contribution in [0.4, 0.5) is 24.5 Å². The van der Waals surface area contributed by atoms with Crippen LogP contribution in [0.2, 0.25) is 0 Å². The van der Waals surface area contributed by atoms with Crippen molar-refractivity contribution in [3.8, 4) is 16.9 Å². The number of aromatic carboxylic acids is 1. The van der Waals surface area contributed by atoms with Gasteiger partial charge in [-0.05, 0) is 69.9 Å². The van der Waals surface area contributed by atoms with Gasteiger partial charge in [0.2, 0.25) is 0 Å². The molecule has 190 valence electrons. The Morgan fingerprint density at radius 2 is 1.55 bits per heavy atom. The van der Waals surface area contributed by atoms with E-state index in [9.17, 15) is 23.1 Å². The summed E-state index contributed by atoms with van der Waals surface area (Å²) in [4.78, 5) is 12.2. The van der Waals surface area contributed by atoms with Gasteiger partial charge in [-0.25, -0.2) is 4.79 Å². The maximum absolute atomic E-state index is 13.1. The number of fused-ring (bicyclic) bond motifs is 1. The summed E-state index contributed by atoms with van der Waals surface area (Å²) < 4.78 is 44.8. The number of rotatable bonds is 7. The fraction of sp³-hybridized carbons (Fsp3) is 0.0645. The zero-order valence-electron chi connectivity index (χ0n) is 20.0. The number of anilines is 2. The molecule has 0 bridgehead atoms. The Labute approximate surface area is 216 Å². The van der Waals surface area contributed by atoms with E-state index in [2.05, 4.69) is 5.32 Å². The van der Waals surface area contributed by atoms with Crippen molar-refractivity contribution in [2.75, 3.05) is 5.32 Å². The summed E-state index contributed by atoms with van der Waals surface area (Å²) in [5.74, 6) is -0.997. The molecule has 0 saturated heterocycles. The quantitative estimate of drug-likeness (QED) is 0.229. The minimum atomic E-state index is -4.47. The molecule has 0 spiro atoms. The van der Waals surface area contributed by atoms with Gasteiger partial charge in [-0.2, -0.15) is 13.2 Å². The van der Waals surface area contributed by atoms with Crippen molar-refractivity contribution in [1.29, 1.82) is 0 Å². The van der Waals surface area contributed by atoms with E-state index in [4.69, 9.17) is 4.74 Å². The molecule has 5 rings (SSSR count). The Morgan fingerprint density at radius 3 is 2.34 bits per heavy atom. The largest absolute Gasteiger partial charge is 0.489 e. The first-order valence-electron chi connectivity index (χ1n) is 11.8. The fourth-order valence-electron chi connectivity index (χ4n) is 4.27. The van der Waals surface area contributed by atoms with Crippen molar-refractivity contribution < 1.29 is 27.8 Å². The number of hydrogen-bond donors (Lipinski definition) is 2. The Hall–Kier alpha value is -4.78. The van der Waals surface area contributed by atoms with Gasteiger partial charge in [0.05, 0.1) is 16.8 Å². The molecule has 4 nitrogen and oxygen atoms in total. The van der Waals surface area contributed by atoms with Gasteiger partial charge in [0.15, 0.2) is 0 Å². The number of alkyl halides is 3. The minimum Gasteiger partial charge on any atom is -0.489 e. The summed E-state index contributed by atoms with van der Waals surface area (Å²) in [5, 5.41) is 15.3. The van der Waals surface area contributed by atoms with E-state index < -0.39 is 17.7 Å². The number of carboxylic acids is 1. The van der Waals surface area contributed by atoms with E-state index in [1.807, 2.05) is 54.6 Å². The molecule has 0 aliphatic carbocycles. The third-order valence-corrected chi connectivity index (χ3v) is 6.16. The van der Waals surface area contributed by atoms with Crippen LogP contribution in [0, 0.1) is 0 Å². The van der Waals surface area contributed by atoms with Crippen LogP contribution in [-0.2, 0) is 12.8 Å². The Bertz CT molecular complexity index is 1630. The predicted octanol–water partition coefficient (Wildman–Crippen LogP) is 8.55. The van der Waals surface area contributed by atoms with Crippen LogP contribution in [0.5, 0.6) is 5.75 Å². The van der Waals surface area contributed by atoms with Gasteiger partial charge in [-0.15, -0.1) is 0 Å². The van der Waals surface area contributed by atoms with Gasteiger partial charge in [0, 0.05) is 5.69 Å². The molecule has 0 radical (unpaired) electrons. The first-order chi connectivity index (χ1) is 18.3. The van der Waals surface area contributed by atoms with Gasteiger partial charge in [0.1, 0.15) is 12.4 Å². The summed E-state index contributed by atoms with van der Waals surface area (Å²) in [6.07, 6.45) is -4.47. The highest BCUT2D eigenvalue weighted by Crippen LogP contribution is 2.33. The second-order valence-electron chi connectivity index (χ2n) is 8.72. The molecule has 2 N–H and O–H groups in total. The van der Waals surface area contributed by atoms with Crippen molar-refractivity contribution >= 4 is 28.1 Å². The first kappa shape index (κ1) is 24.9. The van der Waals surface area contributed by atoms with E-state index in [1.165, 1.54) is 12.1 Å². The maximum Gasteiger partial charge on any atom is 0.416 e. The molecule has 5 aromatic rings. The van der Waals surface area contributed by atoms with E-state index in [0.717, 1.165) is 34.2 Å². The first-order valence-corrected chi connectivity index (χ1v) is 11.8. The topological polar surface area (TPSA) is 58.6 Å². The van der Waals surface area contributed by atoms with E-state index in [0.29, 0.717) is 16.8 Å². The van der Waals surface area contributed by atoms with Gasteiger partial charge in [0.25, 0.3) is 0 Å². The average molecular weight is 514 g/mol. The Kier molecular flexibility index (Phi) is 6.75. The third kappa shape index (κ3) is 5.47. The van der Waals surface area contributed by atoms with Crippen LogP contribution in [0.25, 0.3) is 21.9 Å². The van der Waals surface area contributed by atoms with Gasteiger partial charge < -0.3 is 15.2 Å². The number of hydrogen-bond acceptors (Lipinski definition) is 3. The molecule has 0 aliphatic heterocycles. The zero-order chi connectivity index (χ0) is 26.7. The number of ether oxygens (including phenoxy) is 1. The van der Waals surface area contributed by atoms with Crippen LogP contribution in [0.1, 0.15) is 21.5 Å². The molecule has 38 heavy (non-hydrogen) atoms. The van der Waals surface area contributed by atoms with E-state index >= 15 is 0 Å². The number of benzene rings is 5. The van der Waals surface area contributed by atoms with Crippen LogP contribution in [0.3, 0.4) is 0 Å². The highest BCUT2D eigenvalue weighted by atomic mass is 19.4. The number of nitrogens with one attached hydrogen (secondary N) is 1. The lowest BCUT2D eigenvalue weighted by Crippen LogP contribution is -2.06. The lowest BCUT2D eigenvalue weighted by Gasteiger charge is -2.15. The summed E-state index contributed by atoms with van der Waals surface area (Å²) in [6.45, 7) is 0.0109. The third-order valence-electron chi connectivity index (χ3n) is 6.16. The number of carboxylic acid groups (broad SMARTS) is 1. The second-order valence-corrected chi connectivity index (χ2v) is 8.72. The van der Waals surface area contributed by atoms with Crippen LogP contribution in [0.15, 0.2) is 109 Å². The van der Waals surface area contributed by atoms with Crippen molar-refractivity contribution in [1.82, 2.24) is 0 Å². The molecule has 0 aliphatic rings. The van der Waals surface area contributed by atoms with Gasteiger partial charge >= 0.3 is 12.1 Å². The smallest absolute Gasteiger partial charge is 0.416 e. The van der Waals surface area contributed by atoms with Gasteiger partial charge in [-0.1, -0.05) is 66.7 Å². The SMILES string of the molecule is O=C(O)c1cc(-c2ccccc2COc2cccc(C(F)(F)F)c2)ccc1Nc1ccc2ccccc2c1. The second kappa shape index (κ2) is 10.3. The molecular weight excluding hydrogens is 491 g/mol. The molecular formula is C31H22F3NO3. The molecule has 7 heteroatoms. The van der Waals surface area contributed by atoms with Crippen LogP contribution >= 0.6 is 0 Å². The summed E-state index contributed by atoms with van der Waals surface area (Å²) in [6, 6.07) is 30.7. The molecule has 0 saturated carbocycles. The molecule has 0 fully saturated rings. The number of halogens is 3. The van der Waals surface area contributed by atoms with Gasteiger partial charge in [-0.3, -0.25) is 0 Å². The number of carbonyl (C=O) groups is 1. The molecule has 0 heterocycles. The highest BCUT2D eigenvalue weighted by Gasteiger charge is 2.30. The fourth-order valence-corrected chi connectivity index (χ4v) is 4.27. The predicted molar refractivity (Wildman–Crippen MR) is 142 cm³/mol. The minimum absolute atomic E-state index is 0.0109.